The minimum Gasteiger partial charge on any atom is -0.478 e. The van der Waals surface area contributed by atoms with Crippen LogP contribution in [0, 0.1) is 0 Å². The first-order chi connectivity index (χ1) is 8.69. The van der Waals surface area contributed by atoms with E-state index in [2.05, 4.69) is 0 Å². The molecule has 1 aromatic rings. The SMILES string of the molecule is CCC(/C=C/C(=O)O)=C\c1ccc2c(c1)OCO2. The van der Waals surface area contributed by atoms with Crippen LogP contribution in [0.25, 0.3) is 6.08 Å². The summed E-state index contributed by atoms with van der Waals surface area (Å²) < 4.78 is 10.5. The quantitative estimate of drug-likeness (QED) is 0.655. The van der Waals surface area contributed by atoms with Crippen LogP contribution < -0.4 is 9.47 Å². The minimum absolute atomic E-state index is 0.252. The molecule has 0 atom stereocenters. The third kappa shape index (κ3) is 2.91. The number of hydrogen-bond acceptors (Lipinski definition) is 3. The number of carbonyl (C=O) groups is 1. The Balaban J connectivity index is 2.22. The van der Waals surface area contributed by atoms with E-state index in [0.717, 1.165) is 35.1 Å². The lowest BCUT2D eigenvalue weighted by Gasteiger charge is -2.00. The Morgan fingerprint density at radius 1 is 1.33 bits per heavy atom. The van der Waals surface area contributed by atoms with E-state index in [1.165, 1.54) is 0 Å². The van der Waals surface area contributed by atoms with Crippen molar-refractivity contribution < 1.29 is 19.4 Å². The van der Waals surface area contributed by atoms with Gasteiger partial charge in [-0.2, -0.15) is 0 Å². The molecule has 0 saturated heterocycles. The Morgan fingerprint density at radius 2 is 2.11 bits per heavy atom. The average Bonchev–Trinajstić information content (AvgIpc) is 2.81. The summed E-state index contributed by atoms with van der Waals surface area (Å²) in [5.74, 6) is 0.521. The summed E-state index contributed by atoms with van der Waals surface area (Å²) in [6.45, 7) is 2.23. The van der Waals surface area contributed by atoms with Gasteiger partial charge in [0.25, 0.3) is 0 Å². The lowest BCUT2D eigenvalue weighted by molar-refractivity contribution is -0.131. The molecule has 0 fully saturated rings. The number of rotatable bonds is 4. The highest BCUT2D eigenvalue weighted by atomic mass is 16.7. The van der Waals surface area contributed by atoms with Crippen LogP contribution in [0.3, 0.4) is 0 Å². The largest absolute Gasteiger partial charge is 0.478 e. The predicted octanol–water partition coefficient (Wildman–Crippen LogP) is 2.85. The molecule has 4 nitrogen and oxygen atoms in total. The standard InChI is InChI=1S/C14H14O4/c1-2-10(4-6-14(15)16)7-11-3-5-12-13(8-11)18-9-17-12/h3-8H,2,9H2,1H3,(H,15,16)/b6-4+,10-7+. The number of benzene rings is 1. The molecule has 4 heteroatoms. The van der Waals surface area contributed by atoms with Crippen molar-refractivity contribution in [2.24, 2.45) is 0 Å². The highest BCUT2D eigenvalue weighted by molar-refractivity contribution is 5.80. The first kappa shape index (κ1) is 12.2. The normalized spacial score (nSPS) is 14.2. The van der Waals surface area contributed by atoms with Gasteiger partial charge < -0.3 is 14.6 Å². The van der Waals surface area contributed by atoms with Crippen LogP contribution in [0.1, 0.15) is 18.9 Å². The smallest absolute Gasteiger partial charge is 0.328 e. The van der Waals surface area contributed by atoms with Crippen LogP contribution in [0.5, 0.6) is 11.5 Å². The van der Waals surface area contributed by atoms with Crippen molar-refractivity contribution >= 4 is 12.0 Å². The average molecular weight is 246 g/mol. The van der Waals surface area contributed by atoms with E-state index in [0.29, 0.717) is 0 Å². The topological polar surface area (TPSA) is 55.8 Å². The lowest BCUT2D eigenvalue weighted by Crippen LogP contribution is -1.92. The summed E-state index contributed by atoms with van der Waals surface area (Å²) in [7, 11) is 0. The summed E-state index contributed by atoms with van der Waals surface area (Å²) >= 11 is 0. The summed E-state index contributed by atoms with van der Waals surface area (Å²) in [6, 6.07) is 5.65. The highest BCUT2D eigenvalue weighted by Gasteiger charge is 2.12. The molecule has 18 heavy (non-hydrogen) atoms. The molecule has 0 spiro atoms. The van der Waals surface area contributed by atoms with E-state index in [1.807, 2.05) is 31.2 Å². The molecule has 0 radical (unpaired) electrons. The predicted molar refractivity (Wildman–Crippen MR) is 67.6 cm³/mol. The van der Waals surface area contributed by atoms with E-state index in [4.69, 9.17) is 14.6 Å². The molecular formula is C14H14O4. The van der Waals surface area contributed by atoms with Crippen molar-refractivity contribution in [2.45, 2.75) is 13.3 Å². The van der Waals surface area contributed by atoms with Crippen molar-refractivity contribution in [1.29, 1.82) is 0 Å². The molecule has 1 heterocycles. The first-order valence-corrected chi connectivity index (χ1v) is 5.70. The van der Waals surface area contributed by atoms with Gasteiger partial charge in [-0.3, -0.25) is 0 Å². The second-order valence-electron chi connectivity index (χ2n) is 3.86. The van der Waals surface area contributed by atoms with Crippen molar-refractivity contribution in [3.63, 3.8) is 0 Å². The Hall–Kier alpha value is -2.23. The molecule has 0 bridgehead atoms. The fourth-order valence-electron chi connectivity index (χ4n) is 1.66. The molecule has 2 rings (SSSR count). The minimum atomic E-state index is -0.944. The number of allylic oxidation sites excluding steroid dienone is 2. The van der Waals surface area contributed by atoms with Crippen LogP contribution in [0.15, 0.2) is 35.9 Å². The molecule has 1 N–H and O–H groups in total. The maximum atomic E-state index is 10.5. The third-order valence-electron chi connectivity index (χ3n) is 2.60. The van der Waals surface area contributed by atoms with Gasteiger partial charge in [0.1, 0.15) is 0 Å². The van der Waals surface area contributed by atoms with Crippen LogP contribution in [0.4, 0.5) is 0 Å². The van der Waals surface area contributed by atoms with Crippen molar-refractivity contribution in [2.75, 3.05) is 6.79 Å². The molecule has 94 valence electrons. The molecule has 1 aromatic carbocycles. The number of aliphatic carboxylic acids is 1. The van der Waals surface area contributed by atoms with Crippen LogP contribution >= 0.6 is 0 Å². The number of carboxylic acid groups (broad SMARTS) is 1. The maximum absolute atomic E-state index is 10.5. The van der Waals surface area contributed by atoms with Gasteiger partial charge in [-0.05, 0) is 29.7 Å². The van der Waals surface area contributed by atoms with Gasteiger partial charge in [0, 0.05) is 6.08 Å². The summed E-state index contributed by atoms with van der Waals surface area (Å²) in [5, 5.41) is 8.60. The van der Waals surface area contributed by atoms with E-state index >= 15 is 0 Å². The van der Waals surface area contributed by atoms with Crippen LogP contribution in [-0.4, -0.2) is 17.9 Å². The number of fused-ring (bicyclic) bond motifs is 1. The molecule has 0 amide bonds. The first-order valence-electron chi connectivity index (χ1n) is 5.70. The monoisotopic (exact) mass is 246 g/mol. The number of ether oxygens (including phenoxy) is 2. The van der Waals surface area contributed by atoms with Gasteiger partial charge >= 0.3 is 5.97 Å². The van der Waals surface area contributed by atoms with Crippen molar-refractivity contribution in [3.8, 4) is 11.5 Å². The molecule has 0 aliphatic carbocycles. The molecular weight excluding hydrogens is 232 g/mol. The second kappa shape index (κ2) is 5.40. The van der Waals surface area contributed by atoms with E-state index in [1.54, 1.807) is 6.08 Å². The Kier molecular flexibility index (Phi) is 3.67. The Labute approximate surface area is 105 Å². The molecule has 0 aromatic heterocycles. The zero-order valence-corrected chi connectivity index (χ0v) is 10.1. The van der Waals surface area contributed by atoms with Gasteiger partial charge in [0.15, 0.2) is 11.5 Å². The van der Waals surface area contributed by atoms with Gasteiger partial charge in [-0.15, -0.1) is 0 Å². The van der Waals surface area contributed by atoms with Crippen LogP contribution in [-0.2, 0) is 4.79 Å². The third-order valence-corrected chi connectivity index (χ3v) is 2.60. The van der Waals surface area contributed by atoms with Crippen molar-refractivity contribution in [3.05, 3.63) is 41.5 Å². The summed E-state index contributed by atoms with van der Waals surface area (Å²) in [4.78, 5) is 10.5. The van der Waals surface area contributed by atoms with Gasteiger partial charge in [0.2, 0.25) is 6.79 Å². The van der Waals surface area contributed by atoms with E-state index in [9.17, 15) is 4.79 Å². The second-order valence-corrected chi connectivity index (χ2v) is 3.86. The zero-order valence-electron chi connectivity index (χ0n) is 10.1. The fraction of sp³-hybridized carbons (Fsp3) is 0.214. The van der Waals surface area contributed by atoms with Crippen molar-refractivity contribution in [1.82, 2.24) is 0 Å². The zero-order chi connectivity index (χ0) is 13.0. The molecule has 1 aliphatic heterocycles. The van der Waals surface area contributed by atoms with E-state index < -0.39 is 5.97 Å². The van der Waals surface area contributed by atoms with Crippen LogP contribution in [0.2, 0.25) is 0 Å². The fourth-order valence-corrected chi connectivity index (χ4v) is 1.66. The Bertz CT molecular complexity index is 515. The maximum Gasteiger partial charge on any atom is 0.328 e. The number of carboxylic acids is 1. The Morgan fingerprint density at radius 3 is 2.83 bits per heavy atom. The van der Waals surface area contributed by atoms with Gasteiger partial charge in [0.05, 0.1) is 0 Å². The highest BCUT2D eigenvalue weighted by Crippen LogP contribution is 2.33. The summed E-state index contributed by atoms with van der Waals surface area (Å²) in [6.07, 6.45) is 5.44. The molecule has 1 aliphatic rings. The number of hydrogen-bond donors (Lipinski definition) is 1. The van der Waals surface area contributed by atoms with E-state index in [-0.39, 0.29) is 6.79 Å². The summed E-state index contributed by atoms with van der Waals surface area (Å²) in [5.41, 5.74) is 1.91. The van der Waals surface area contributed by atoms with Gasteiger partial charge in [-0.25, -0.2) is 4.79 Å². The molecule has 0 saturated carbocycles. The van der Waals surface area contributed by atoms with Gasteiger partial charge in [-0.1, -0.05) is 25.1 Å². The molecule has 0 unspecified atom stereocenters. The lowest BCUT2D eigenvalue weighted by atomic mass is 10.1.